The van der Waals surface area contributed by atoms with Crippen molar-refractivity contribution < 1.29 is 22.4 Å². The number of hydrogen-bond donors (Lipinski definition) is 0. The summed E-state index contributed by atoms with van der Waals surface area (Å²) in [5.41, 5.74) is -1.82. The quantitative estimate of drug-likeness (QED) is 0.549. The highest BCUT2D eigenvalue weighted by atomic mass is 19.3. The Kier molecular flexibility index (Phi) is 4.75. The molecule has 2 heterocycles. The van der Waals surface area contributed by atoms with Crippen LogP contribution in [0.5, 0.6) is 0 Å². The van der Waals surface area contributed by atoms with Gasteiger partial charge in [-0.25, -0.2) is 17.6 Å². The summed E-state index contributed by atoms with van der Waals surface area (Å²) in [5.74, 6) is -5.25. The molecule has 4 rings (SSSR count). The van der Waals surface area contributed by atoms with Crippen LogP contribution in [0.4, 0.5) is 17.6 Å². The maximum absolute atomic E-state index is 14.4. The first kappa shape index (κ1) is 21.5. The Labute approximate surface area is 178 Å². The normalized spacial score (nSPS) is 30.7. The van der Waals surface area contributed by atoms with Crippen LogP contribution >= 0.6 is 0 Å². The third kappa shape index (κ3) is 3.06. The molecule has 2 aliphatic heterocycles. The molecule has 0 aromatic heterocycles. The van der Waals surface area contributed by atoms with E-state index in [4.69, 9.17) is 0 Å². The van der Waals surface area contributed by atoms with Crippen molar-refractivity contribution in [1.29, 1.82) is 0 Å². The molecule has 2 bridgehead atoms. The summed E-state index contributed by atoms with van der Waals surface area (Å²) in [6.45, 7) is 10.5. The van der Waals surface area contributed by atoms with Gasteiger partial charge in [-0.05, 0) is 48.0 Å². The summed E-state index contributed by atoms with van der Waals surface area (Å²) >= 11 is 0. The molecule has 164 valence electrons. The van der Waals surface area contributed by atoms with Crippen LogP contribution < -0.4 is 0 Å². The molecule has 1 aromatic rings. The van der Waals surface area contributed by atoms with E-state index in [9.17, 15) is 22.4 Å². The lowest BCUT2D eigenvalue weighted by atomic mass is 9.61. The van der Waals surface area contributed by atoms with Crippen LogP contribution in [0.15, 0.2) is 58.9 Å². The van der Waals surface area contributed by atoms with Crippen LogP contribution in [0.3, 0.4) is 0 Å². The standard InChI is InChI=1S/C23H23F4N3O/c1-13-10-18(19-16(24)6-5-7-17(19)25)29-28-14(2)23(9-8-15(13)21(23,3)4)20(31)30-11-22(26,27)12-30/h5-7,10,15H,1-2,8-9,11-12H2,3-4H3/b18-10-,29-28?/t15-,23?/m1/s1. The number of alkyl halides is 2. The molecule has 1 saturated heterocycles. The van der Waals surface area contributed by atoms with Gasteiger partial charge in [0.05, 0.1) is 35.5 Å². The molecular formula is C23H23F4N3O. The van der Waals surface area contributed by atoms with Crippen LogP contribution in [0.2, 0.25) is 0 Å². The lowest BCUT2D eigenvalue weighted by molar-refractivity contribution is -0.178. The van der Waals surface area contributed by atoms with Gasteiger partial charge in [-0.3, -0.25) is 4.79 Å². The van der Waals surface area contributed by atoms with E-state index in [0.717, 1.165) is 17.0 Å². The number of amides is 1. The Morgan fingerprint density at radius 1 is 1.13 bits per heavy atom. The van der Waals surface area contributed by atoms with Gasteiger partial charge < -0.3 is 4.90 Å². The molecule has 31 heavy (non-hydrogen) atoms. The summed E-state index contributed by atoms with van der Waals surface area (Å²) < 4.78 is 55.8. The molecule has 0 spiro atoms. The number of hydrogen-bond acceptors (Lipinski definition) is 3. The number of allylic oxidation sites excluding steroid dienone is 2. The van der Waals surface area contributed by atoms with Crippen molar-refractivity contribution in [1.82, 2.24) is 4.90 Å². The smallest absolute Gasteiger partial charge is 0.282 e. The number of benzene rings is 1. The molecule has 0 radical (unpaired) electrons. The third-order valence-electron chi connectivity index (χ3n) is 7.04. The summed E-state index contributed by atoms with van der Waals surface area (Å²) in [4.78, 5) is 14.6. The average molecular weight is 433 g/mol. The maximum atomic E-state index is 14.4. The second-order valence-electron chi connectivity index (χ2n) is 9.08. The Morgan fingerprint density at radius 2 is 1.74 bits per heavy atom. The molecule has 2 fully saturated rings. The number of nitrogens with zero attached hydrogens (tertiary/aromatic N) is 3. The van der Waals surface area contributed by atoms with Crippen molar-refractivity contribution >= 4 is 11.6 Å². The number of halogens is 4. The Morgan fingerprint density at radius 3 is 2.32 bits per heavy atom. The van der Waals surface area contributed by atoms with Crippen LogP contribution in [-0.2, 0) is 4.79 Å². The topological polar surface area (TPSA) is 45.0 Å². The maximum Gasteiger partial charge on any atom is 0.282 e. The molecule has 1 aromatic carbocycles. The first-order valence-corrected chi connectivity index (χ1v) is 10.0. The van der Waals surface area contributed by atoms with Gasteiger partial charge >= 0.3 is 0 Å². The number of carbonyl (C=O) groups is 1. The third-order valence-corrected chi connectivity index (χ3v) is 7.04. The van der Waals surface area contributed by atoms with E-state index in [1.165, 1.54) is 12.1 Å². The molecule has 1 unspecified atom stereocenters. The summed E-state index contributed by atoms with van der Waals surface area (Å²) in [5, 5.41) is 8.15. The highest BCUT2D eigenvalue weighted by Gasteiger charge is 2.64. The predicted molar refractivity (Wildman–Crippen MR) is 108 cm³/mol. The Bertz CT molecular complexity index is 1030. The van der Waals surface area contributed by atoms with Crippen molar-refractivity contribution in [2.75, 3.05) is 13.1 Å². The lowest BCUT2D eigenvalue weighted by Crippen LogP contribution is -2.63. The highest BCUT2D eigenvalue weighted by Crippen LogP contribution is 2.63. The SMILES string of the molecule is C=C1/C=C(/c2c(F)cccc2F)N=NC(=C)C2(C(=O)N3CC(F)(F)C3)CC[C@H]1C2(C)C. The van der Waals surface area contributed by atoms with E-state index in [2.05, 4.69) is 23.4 Å². The minimum atomic E-state index is -2.91. The molecule has 1 amide bonds. The summed E-state index contributed by atoms with van der Waals surface area (Å²) in [6.07, 6.45) is 2.36. The molecule has 2 atom stereocenters. The fourth-order valence-corrected chi connectivity index (χ4v) is 5.31. The van der Waals surface area contributed by atoms with Crippen molar-refractivity contribution in [2.24, 2.45) is 27.0 Å². The minimum Gasteiger partial charge on any atom is -0.330 e. The number of rotatable bonds is 2. The van der Waals surface area contributed by atoms with E-state index in [1.807, 2.05) is 13.8 Å². The Hall–Kier alpha value is -2.77. The average Bonchev–Trinajstić information content (AvgIpc) is 2.94. The monoisotopic (exact) mass is 433 g/mol. The van der Waals surface area contributed by atoms with Crippen LogP contribution in [0.1, 0.15) is 32.3 Å². The van der Waals surface area contributed by atoms with E-state index in [0.29, 0.717) is 18.4 Å². The molecule has 0 N–H and O–H groups in total. The van der Waals surface area contributed by atoms with Crippen LogP contribution in [-0.4, -0.2) is 29.8 Å². The minimum absolute atomic E-state index is 0.0665. The molecular weight excluding hydrogens is 410 g/mol. The van der Waals surface area contributed by atoms with Crippen molar-refractivity contribution in [3.05, 3.63) is 65.9 Å². The van der Waals surface area contributed by atoms with Gasteiger partial charge in [-0.1, -0.05) is 33.1 Å². The highest BCUT2D eigenvalue weighted by molar-refractivity contribution is 5.88. The second kappa shape index (κ2) is 6.87. The lowest BCUT2D eigenvalue weighted by Gasteiger charge is -2.49. The van der Waals surface area contributed by atoms with Gasteiger partial charge in [0.15, 0.2) is 0 Å². The van der Waals surface area contributed by atoms with Crippen molar-refractivity contribution in [2.45, 2.75) is 32.6 Å². The molecule has 8 heteroatoms. The number of azo groups is 1. The summed E-state index contributed by atoms with van der Waals surface area (Å²) in [7, 11) is 0. The van der Waals surface area contributed by atoms with E-state index < -0.39 is 47.4 Å². The number of carbonyl (C=O) groups excluding carboxylic acids is 1. The van der Waals surface area contributed by atoms with E-state index in [-0.39, 0.29) is 22.9 Å². The van der Waals surface area contributed by atoms with Crippen molar-refractivity contribution in [3.63, 3.8) is 0 Å². The number of fused-ring (bicyclic) bond motifs is 2. The van der Waals surface area contributed by atoms with Gasteiger partial charge in [0.25, 0.3) is 5.92 Å². The molecule has 4 nitrogen and oxygen atoms in total. The molecule has 1 aliphatic carbocycles. The number of likely N-dealkylation sites (tertiary alicyclic amines) is 1. The molecule has 3 aliphatic rings. The Balaban J connectivity index is 1.82. The largest absolute Gasteiger partial charge is 0.330 e. The second-order valence-corrected chi connectivity index (χ2v) is 9.08. The summed E-state index contributed by atoms with van der Waals surface area (Å²) in [6, 6.07) is 3.48. The van der Waals surface area contributed by atoms with Crippen LogP contribution in [0.25, 0.3) is 5.70 Å². The molecule has 1 saturated carbocycles. The fourth-order valence-electron chi connectivity index (χ4n) is 5.31. The van der Waals surface area contributed by atoms with Crippen molar-refractivity contribution in [3.8, 4) is 0 Å². The van der Waals surface area contributed by atoms with E-state index >= 15 is 0 Å². The predicted octanol–water partition coefficient (Wildman–Crippen LogP) is 5.74. The van der Waals surface area contributed by atoms with Gasteiger partial charge in [0, 0.05) is 0 Å². The first-order valence-electron chi connectivity index (χ1n) is 10.0. The zero-order chi connectivity index (χ0) is 22.8. The van der Waals surface area contributed by atoms with Gasteiger partial charge in [0.1, 0.15) is 11.6 Å². The first-order chi connectivity index (χ1) is 14.4. The fraction of sp³-hybridized carbons (Fsp3) is 0.435. The van der Waals surface area contributed by atoms with Gasteiger partial charge in [-0.2, -0.15) is 10.2 Å². The van der Waals surface area contributed by atoms with E-state index in [1.54, 1.807) is 0 Å². The zero-order valence-electron chi connectivity index (χ0n) is 17.4. The zero-order valence-corrected chi connectivity index (χ0v) is 17.4. The van der Waals surface area contributed by atoms with Crippen LogP contribution in [0, 0.1) is 28.4 Å². The van der Waals surface area contributed by atoms with Gasteiger partial charge in [-0.15, -0.1) is 0 Å². The van der Waals surface area contributed by atoms with Gasteiger partial charge in [0.2, 0.25) is 5.91 Å².